The van der Waals surface area contributed by atoms with Crippen molar-refractivity contribution in [3.63, 3.8) is 0 Å². The predicted octanol–water partition coefficient (Wildman–Crippen LogP) is 6.84. The number of fused-ring (bicyclic) bond motifs is 2. The first-order chi connectivity index (χ1) is 19.2. The molecule has 0 aliphatic carbocycles. The van der Waals surface area contributed by atoms with Crippen molar-refractivity contribution in [3.8, 4) is 22.6 Å². The molecule has 0 spiro atoms. The lowest BCUT2D eigenvalue weighted by molar-refractivity contribution is -0.137. The van der Waals surface area contributed by atoms with E-state index in [1.807, 2.05) is 42.1 Å². The van der Waals surface area contributed by atoms with Gasteiger partial charge in [0.05, 0.1) is 23.2 Å². The van der Waals surface area contributed by atoms with Gasteiger partial charge in [0, 0.05) is 44.1 Å². The summed E-state index contributed by atoms with van der Waals surface area (Å²) in [6.45, 7) is 12.3. The number of pyridine rings is 1. The van der Waals surface area contributed by atoms with E-state index >= 15 is 0 Å². The summed E-state index contributed by atoms with van der Waals surface area (Å²) in [6.07, 6.45) is 6.79. The fourth-order valence-corrected chi connectivity index (χ4v) is 5.32. The van der Waals surface area contributed by atoms with Crippen LogP contribution >= 0.6 is 0 Å². The number of carbonyl (C=O) groups is 1. The van der Waals surface area contributed by atoms with Gasteiger partial charge in [-0.2, -0.15) is 5.10 Å². The van der Waals surface area contributed by atoms with Crippen LogP contribution in [-0.4, -0.2) is 52.0 Å². The van der Waals surface area contributed by atoms with Gasteiger partial charge in [-0.25, -0.2) is 14.5 Å². The van der Waals surface area contributed by atoms with Crippen LogP contribution < -0.4 is 0 Å². The number of hydrogen-bond acceptors (Lipinski definition) is 6. The second kappa shape index (κ2) is 11.6. The highest BCUT2D eigenvalue weighted by molar-refractivity contribution is 6.76. The van der Waals surface area contributed by atoms with Crippen LogP contribution in [0.3, 0.4) is 0 Å². The summed E-state index contributed by atoms with van der Waals surface area (Å²) in [5, 5.41) is 5.93. The number of carbonyl (C=O) groups excluding carboxylic acids is 1. The quantitative estimate of drug-likeness (QED) is 0.0881. The molecule has 206 valence electrons. The van der Waals surface area contributed by atoms with E-state index < -0.39 is 8.07 Å². The number of esters is 1. The van der Waals surface area contributed by atoms with Crippen molar-refractivity contribution in [2.75, 3.05) is 13.2 Å². The molecule has 0 fully saturated rings. The molecule has 3 aromatic heterocycles. The van der Waals surface area contributed by atoms with Crippen LogP contribution in [0.1, 0.15) is 18.1 Å². The molecule has 0 saturated heterocycles. The first kappa shape index (κ1) is 27.5. The van der Waals surface area contributed by atoms with Crippen LogP contribution in [0.4, 0.5) is 0 Å². The highest BCUT2D eigenvalue weighted by atomic mass is 28.3. The van der Waals surface area contributed by atoms with Crippen molar-refractivity contribution in [2.24, 2.45) is 0 Å². The third kappa shape index (κ3) is 6.05. The van der Waals surface area contributed by atoms with Crippen LogP contribution in [0.25, 0.3) is 50.7 Å². The van der Waals surface area contributed by atoms with Gasteiger partial charge in [-0.15, -0.1) is 0 Å². The third-order valence-corrected chi connectivity index (χ3v) is 8.53. The second-order valence-electron chi connectivity index (χ2n) is 11.0. The normalized spacial score (nSPS) is 12.1. The zero-order chi connectivity index (χ0) is 28.3. The van der Waals surface area contributed by atoms with E-state index in [1.54, 1.807) is 19.2 Å². The zero-order valence-corrected chi connectivity index (χ0v) is 24.7. The number of hydrogen-bond donors (Lipinski definition) is 1. The molecule has 3 heterocycles. The monoisotopic (exact) mass is 553 g/mol. The van der Waals surface area contributed by atoms with Crippen molar-refractivity contribution in [3.05, 3.63) is 72.1 Å². The van der Waals surface area contributed by atoms with E-state index in [9.17, 15) is 4.79 Å². The minimum atomic E-state index is -1.19. The molecule has 0 atom stereocenters. The average molecular weight is 554 g/mol. The van der Waals surface area contributed by atoms with Gasteiger partial charge < -0.3 is 14.5 Å². The number of rotatable bonds is 10. The number of aromatic nitrogens is 5. The van der Waals surface area contributed by atoms with E-state index in [-0.39, 0.29) is 5.97 Å². The van der Waals surface area contributed by atoms with E-state index in [2.05, 4.69) is 47.8 Å². The SMILES string of the molecule is CCOC(=O)C=Cc1cncc(-c2ccc3c(c2)c(-c2nc4ccccc4[nH]2)nn3COCC[Si](C)(C)C)c1C. The number of nitrogens with zero attached hydrogens (tertiary/aromatic N) is 4. The molecular weight excluding hydrogens is 518 g/mol. The molecule has 0 radical (unpaired) electrons. The Kier molecular flexibility index (Phi) is 7.95. The van der Waals surface area contributed by atoms with E-state index in [0.29, 0.717) is 25.8 Å². The number of imidazole rings is 1. The lowest BCUT2D eigenvalue weighted by atomic mass is 9.97. The van der Waals surface area contributed by atoms with E-state index in [1.165, 1.54) is 6.08 Å². The Hall–Kier alpha value is -4.08. The van der Waals surface area contributed by atoms with Crippen molar-refractivity contribution < 1.29 is 14.3 Å². The first-order valence-corrected chi connectivity index (χ1v) is 17.3. The van der Waals surface area contributed by atoms with E-state index in [0.717, 1.165) is 55.9 Å². The smallest absolute Gasteiger partial charge is 0.330 e. The Morgan fingerprint density at radius 1 is 1.12 bits per heavy atom. The summed E-state index contributed by atoms with van der Waals surface area (Å²) in [6, 6.07) is 15.4. The van der Waals surface area contributed by atoms with Gasteiger partial charge >= 0.3 is 5.97 Å². The summed E-state index contributed by atoms with van der Waals surface area (Å²) >= 11 is 0. The maximum Gasteiger partial charge on any atom is 0.330 e. The first-order valence-electron chi connectivity index (χ1n) is 13.6. The molecule has 0 bridgehead atoms. The minimum Gasteiger partial charge on any atom is -0.463 e. The summed E-state index contributed by atoms with van der Waals surface area (Å²) < 4.78 is 13.0. The number of para-hydroxylation sites is 2. The Labute approximate surface area is 235 Å². The highest BCUT2D eigenvalue weighted by Gasteiger charge is 2.18. The maximum atomic E-state index is 11.9. The topological polar surface area (TPSA) is 94.9 Å². The van der Waals surface area contributed by atoms with Crippen LogP contribution in [0, 0.1) is 6.92 Å². The zero-order valence-electron chi connectivity index (χ0n) is 23.7. The predicted molar refractivity (Wildman–Crippen MR) is 163 cm³/mol. The van der Waals surface area contributed by atoms with Gasteiger partial charge in [0.25, 0.3) is 0 Å². The largest absolute Gasteiger partial charge is 0.463 e. The molecule has 40 heavy (non-hydrogen) atoms. The summed E-state index contributed by atoms with van der Waals surface area (Å²) in [4.78, 5) is 24.6. The summed E-state index contributed by atoms with van der Waals surface area (Å²) in [7, 11) is -1.19. The third-order valence-electron chi connectivity index (χ3n) is 6.82. The fraction of sp³-hybridized carbons (Fsp3) is 0.290. The number of benzene rings is 2. The van der Waals surface area contributed by atoms with Crippen LogP contribution in [-0.2, 0) is 21.0 Å². The van der Waals surface area contributed by atoms with Gasteiger partial charge in [0.2, 0.25) is 0 Å². The van der Waals surface area contributed by atoms with Gasteiger partial charge in [0.15, 0.2) is 5.82 Å². The average Bonchev–Trinajstić information content (AvgIpc) is 3.51. The molecule has 0 aliphatic heterocycles. The van der Waals surface area contributed by atoms with E-state index in [4.69, 9.17) is 19.6 Å². The summed E-state index contributed by atoms with van der Waals surface area (Å²) in [5.74, 6) is 0.342. The Bertz CT molecular complexity index is 1660. The molecule has 9 heteroatoms. The Morgan fingerprint density at radius 3 is 2.73 bits per heavy atom. The number of H-pyrrole nitrogens is 1. The van der Waals surface area contributed by atoms with Crippen molar-refractivity contribution in [2.45, 2.75) is 46.3 Å². The van der Waals surface area contributed by atoms with Crippen LogP contribution in [0.2, 0.25) is 25.7 Å². The lowest BCUT2D eigenvalue weighted by Gasteiger charge is -2.15. The Morgan fingerprint density at radius 2 is 1.95 bits per heavy atom. The molecule has 0 unspecified atom stereocenters. The fourth-order valence-electron chi connectivity index (χ4n) is 4.56. The Balaban J connectivity index is 1.55. The number of nitrogens with one attached hydrogen (secondary N) is 1. The molecule has 8 nitrogen and oxygen atoms in total. The maximum absolute atomic E-state index is 11.9. The lowest BCUT2D eigenvalue weighted by Crippen LogP contribution is -2.22. The van der Waals surface area contributed by atoms with Crippen LogP contribution in [0.5, 0.6) is 0 Å². The highest BCUT2D eigenvalue weighted by Crippen LogP contribution is 2.33. The van der Waals surface area contributed by atoms with Gasteiger partial charge in [-0.05, 0) is 66.9 Å². The van der Waals surface area contributed by atoms with Crippen molar-refractivity contribution >= 4 is 42.1 Å². The molecule has 2 aromatic carbocycles. The number of ether oxygens (including phenoxy) is 2. The molecular formula is C31H35N5O3Si. The molecule has 0 amide bonds. The standard InChI is InChI=1S/C31H35N5O3Si/c1-6-39-29(37)14-12-23-18-32-19-25(21(23)2)22-11-13-28-24(17-22)30(31-33-26-9-7-8-10-27(26)34-31)35-36(28)20-38-15-16-40(3,4)5/h7-14,17-19H,6,15-16,20H2,1-5H3,(H,33,34). The van der Waals surface area contributed by atoms with Gasteiger partial charge in [-0.3, -0.25) is 4.98 Å². The summed E-state index contributed by atoms with van der Waals surface area (Å²) in [5.41, 5.74) is 7.44. The van der Waals surface area contributed by atoms with Crippen molar-refractivity contribution in [1.82, 2.24) is 24.7 Å². The second-order valence-corrected chi connectivity index (χ2v) is 16.6. The molecule has 0 aliphatic rings. The molecule has 5 rings (SSSR count). The van der Waals surface area contributed by atoms with Gasteiger partial charge in [-0.1, -0.05) is 37.8 Å². The van der Waals surface area contributed by atoms with Gasteiger partial charge in [0.1, 0.15) is 12.4 Å². The molecule has 0 saturated carbocycles. The molecule has 5 aromatic rings. The minimum absolute atomic E-state index is 0.338. The molecule has 1 N–H and O–H groups in total. The number of aromatic amines is 1. The van der Waals surface area contributed by atoms with Crippen LogP contribution in [0.15, 0.2) is 60.9 Å². The van der Waals surface area contributed by atoms with Crippen molar-refractivity contribution in [1.29, 1.82) is 0 Å².